The van der Waals surface area contributed by atoms with Crippen molar-refractivity contribution < 1.29 is 4.74 Å². The van der Waals surface area contributed by atoms with Crippen LogP contribution in [0.4, 0.5) is 5.69 Å². The molecule has 0 saturated carbocycles. The molecule has 4 heteroatoms. The molecule has 30 heavy (non-hydrogen) atoms. The van der Waals surface area contributed by atoms with Crippen molar-refractivity contribution in [2.75, 3.05) is 11.9 Å². The summed E-state index contributed by atoms with van der Waals surface area (Å²) in [5, 5.41) is 4.55. The SMILES string of the molecule is Cc1cc(C)c(OC(C)CNc2ccc(-c3nc4ccc(C)cc4s3)cc2)c(C)c1. The normalized spacial score (nSPS) is 12.2. The van der Waals surface area contributed by atoms with Gasteiger partial charge in [0, 0.05) is 11.3 Å². The second-order valence-electron chi connectivity index (χ2n) is 8.10. The van der Waals surface area contributed by atoms with Gasteiger partial charge in [-0.3, -0.25) is 0 Å². The van der Waals surface area contributed by atoms with E-state index < -0.39 is 0 Å². The molecule has 0 bridgehead atoms. The highest BCUT2D eigenvalue weighted by atomic mass is 32.1. The third kappa shape index (κ3) is 4.49. The first kappa shape index (κ1) is 20.4. The quantitative estimate of drug-likeness (QED) is 0.365. The van der Waals surface area contributed by atoms with Crippen LogP contribution in [0.15, 0.2) is 54.6 Å². The van der Waals surface area contributed by atoms with E-state index in [-0.39, 0.29) is 6.10 Å². The molecule has 1 N–H and O–H groups in total. The van der Waals surface area contributed by atoms with Crippen molar-refractivity contribution in [3.8, 4) is 16.3 Å². The molecule has 0 amide bonds. The number of fused-ring (bicyclic) bond motifs is 1. The van der Waals surface area contributed by atoms with Crippen molar-refractivity contribution in [1.82, 2.24) is 4.98 Å². The standard InChI is InChI=1S/C26H28N2OS/c1-16-6-11-23-24(14-16)30-26(28-23)21-7-9-22(10-8-21)27-15-20(5)29-25-18(3)12-17(2)13-19(25)4/h6-14,20,27H,15H2,1-5H3. The minimum absolute atomic E-state index is 0.0669. The fourth-order valence-electron chi connectivity index (χ4n) is 3.74. The molecule has 3 aromatic carbocycles. The predicted molar refractivity (Wildman–Crippen MR) is 129 cm³/mol. The molecule has 0 aliphatic rings. The summed E-state index contributed by atoms with van der Waals surface area (Å²) in [4.78, 5) is 4.78. The highest BCUT2D eigenvalue weighted by Crippen LogP contribution is 2.31. The Hall–Kier alpha value is -2.85. The van der Waals surface area contributed by atoms with E-state index in [1.165, 1.54) is 27.0 Å². The van der Waals surface area contributed by atoms with Gasteiger partial charge in [-0.1, -0.05) is 23.8 Å². The summed E-state index contributed by atoms with van der Waals surface area (Å²) < 4.78 is 7.45. The van der Waals surface area contributed by atoms with Gasteiger partial charge in [0.25, 0.3) is 0 Å². The number of nitrogens with one attached hydrogen (secondary N) is 1. The lowest BCUT2D eigenvalue weighted by Crippen LogP contribution is -2.23. The van der Waals surface area contributed by atoms with Gasteiger partial charge in [0.05, 0.1) is 16.8 Å². The average molecular weight is 417 g/mol. The number of rotatable bonds is 6. The van der Waals surface area contributed by atoms with Crippen LogP contribution < -0.4 is 10.1 Å². The zero-order chi connectivity index (χ0) is 21.3. The maximum absolute atomic E-state index is 6.22. The van der Waals surface area contributed by atoms with Crippen LogP contribution in [-0.2, 0) is 0 Å². The lowest BCUT2D eigenvalue weighted by Gasteiger charge is -2.20. The van der Waals surface area contributed by atoms with E-state index in [4.69, 9.17) is 9.72 Å². The van der Waals surface area contributed by atoms with E-state index in [9.17, 15) is 0 Å². The topological polar surface area (TPSA) is 34.1 Å². The molecule has 154 valence electrons. The predicted octanol–water partition coefficient (Wildman–Crippen LogP) is 7.08. The van der Waals surface area contributed by atoms with Crippen molar-refractivity contribution >= 4 is 27.2 Å². The number of aromatic nitrogens is 1. The van der Waals surface area contributed by atoms with Crippen molar-refractivity contribution in [2.45, 2.75) is 40.7 Å². The maximum Gasteiger partial charge on any atom is 0.125 e. The molecule has 1 unspecified atom stereocenters. The minimum atomic E-state index is 0.0669. The molecular weight excluding hydrogens is 388 g/mol. The van der Waals surface area contributed by atoms with Gasteiger partial charge in [-0.15, -0.1) is 11.3 Å². The van der Waals surface area contributed by atoms with Crippen LogP contribution >= 0.6 is 11.3 Å². The molecule has 0 aliphatic carbocycles. The van der Waals surface area contributed by atoms with Crippen LogP contribution in [0.1, 0.15) is 29.2 Å². The summed E-state index contributed by atoms with van der Waals surface area (Å²) in [5.41, 5.74) is 8.22. The first-order chi connectivity index (χ1) is 14.4. The molecule has 1 atom stereocenters. The first-order valence-corrected chi connectivity index (χ1v) is 11.2. The smallest absolute Gasteiger partial charge is 0.125 e. The van der Waals surface area contributed by atoms with Crippen LogP contribution in [0.3, 0.4) is 0 Å². The van der Waals surface area contributed by atoms with Gasteiger partial charge >= 0.3 is 0 Å². The fourth-order valence-corrected chi connectivity index (χ4v) is 4.81. The fraction of sp³-hybridized carbons (Fsp3) is 0.269. The van der Waals surface area contributed by atoms with Crippen LogP contribution in [0.2, 0.25) is 0 Å². The molecule has 1 aromatic heterocycles. The molecule has 3 nitrogen and oxygen atoms in total. The molecular formula is C26H28N2OS. The van der Waals surface area contributed by atoms with Crippen molar-refractivity contribution in [1.29, 1.82) is 0 Å². The number of nitrogens with zero attached hydrogens (tertiary/aromatic N) is 1. The van der Waals surface area contributed by atoms with E-state index >= 15 is 0 Å². The molecule has 0 fully saturated rings. The summed E-state index contributed by atoms with van der Waals surface area (Å²) in [5.74, 6) is 0.997. The molecule has 0 aliphatic heterocycles. The second kappa shape index (κ2) is 8.49. The summed E-state index contributed by atoms with van der Waals surface area (Å²) in [6, 6.07) is 19.2. The number of aryl methyl sites for hydroxylation is 4. The number of hydrogen-bond acceptors (Lipinski definition) is 4. The first-order valence-electron chi connectivity index (χ1n) is 10.3. The molecule has 4 aromatic rings. The maximum atomic E-state index is 6.22. The molecule has 0 saturated heterocycles. The third-order valence-corrected chi connectivity index (χ3v) is 6.26. The van der Waals surface area contributed by atoms with E-state index in [0.29, 0.717) is 0 Å². The van der Waals surface area contributed by atoms with Gasteiger partial charge in [0.1, 0.15) is 16.9 Å². The highest BCUT2D eigenvalue weighted by molar-refractivity contribution is 7.21. The van der Waals surface area contributed by atoms with Crippen LogP contribution in [0.25, 0.3) is 20.8 Å². The lowest BCUT2D eigenvalue weighted by molar-refractivity contribution is 0.231. The number of anilines is 1. The van der Waals surface area contributed by atoms with Crippen LogP contribution in [-0.4, -0.2) is 17.6 Å². The van der Waals surface area contributed by atoms with Gasteiger partial charge in [-0.05, 0) is 87.7 Å². The van der Waals surface area contributed by atoms with E-state index in [2.05, 4.69) is 94.5 Å². The Morgan fingerprint density at radius 1 is 0.900 bits per heavy atom. The van der Waals surface area contributed by atoms with Crippen molar-refractivity contribution in [3.63, 3.8) is 0 Å². The number of benzene rings is 3. The Bertz CT molecular complexity index is 1150. The summed E-state index contributed by atoms with van der Waals surface area (Å²) in [6.45, 7) is 11.3. The van der Waals surface area contributed by atoms with Gasteiger partial charge in [-0.25, -0.2) is 4.98 Å². The van der Waals surface area contributed by atoms with E-state index in [1.54, 1.807) is 11.3 Å². The highest BCUT2D eigenvalue weighted by Gasteiger charge is 2.11. The number of hydrogen-bond donors (Lipinski definition) is 1. The zero-order valence-corrected chi connectivity index (χ0v) is 19.1. The Labute approximate surface area is 182 Å². The van der Waals surface area contributed by atoms with Gasteiger partial charge in [0.2, 0.25) is 0 Å². The Kier molecular flexibility index (Phi) is 5.78. The van der Waals surface area contributed by atoms with Gasteiger partial charge < -0.3 is 10.1 Å². The zero-order valence-electron chi connectivity index (χ0n) is 18.2. The van der Waals surface area contributed by atoms with Crippen molar-refractivity contribution in [3.05, 3.63) is 76.9 Å². The monoisotopic (exact) mass is 416 g/mol. The van der Waals surface area contributed by atoms with Gasteiger partial charge in [-0.2, -0.15) is 0 Å². The molecule has 0 radical (unpaired) electrons. The largest absolute Gasteiger partial charge is 0.488 e. The molecule has 0 spiro atoms. The average Bonchev–Trinajstić information content (AvgIpc) is 3.12. The minimum Gasteiger partial charge on any atom is -0.488 e. The van der Waals surface area contributed by atoms with Crippen molar-refractivity contribution in [2.24, 2.45) is 0 Å². The van der Waals surface area contributed by atoms with E-state index in [1.807, 2.05) is 0 Å². The summed E-state index contributed by atoms with van der Waals surface area (Å²) in [6.07, 6.45) is 0.0669. The number of ether oxygens (including phenoxy) is 1. The molecule has 4 rings (SSSR count). The third-order valence-electron chi connectivity index (χ3n) is 5.19. The second-order valence-corrected chi connectivity index (χ2v) is 9.14. The van der Waals surface area contributed by atoms with Crippen LogP contribution in [0.5, 0.6) is 5.75 Å². The Morgan fingerprint density at radius 2 is 1.60 bits per heavy atom. The summed E-state index contributed by atoms with van der Waals surface area (Å²) >= 11 is 1.74. The number of thiazole rings is 1. The van der Waals surface area contributed by atoms with Gasteiger partial charge in [0.15, 0.2) is 0 Å². The van der Waals surface area contributed by atoms with E-state index in [0.717, 1.165) is 34.1 Å². The molecule has 1 heterocycles. The van der Waals surface area contributed by atoms with Crippen LogP contribution in [0, 0.1) is 27.7 Å². The Balaban J connectivity index is 1.40. The lowest BCUT2D eigenvalue weighted by atomic mass is 10.1. The summed E-state index contributed by atoms with van der Waals surface area (Å²) in [7, 11) is 0. The Morgan fingerprint density at radius 3 is 2.30 bits per heavy atom.